The van der Waals surface area contributed by atoms with Crippen LogP contribution in [0.1, 0.15) is 11.1 Å². The molecule has 2 rings (SSSR count). The summed E-state index contributed by atoms with van der Waals surface area (Å²) >= 11 is 0. The average Bonchev–Trinajstić information content (AvgIpc) is 2.58. The number of allylic oxidation sites excluding steroid dienone is 1. The van der Waals surface area contributed by atoms with Gasteiger partial charge in [-0.15, -0.1) is 6.58 Å². The summed E-state index contributed by atoms with van der Waals surface area (Å²) in [4.78, 5) is 15.1. The van der Waals surface area contributed by atoms with E-state index >= 15 is 0 Å². The smallest absolute Gasteiger partial charge is 0.341 e. The van der Waals surface area contributed by atoms with Crippen LogP contribution in [0.4, 0.5) is 5.69 Å². The SMILES string of the molecule is C=CCc1cc(C=Nc2cccc(O)c2)cc(OC)c1OCC(=O)O. The third-order valence-electron chi connectivity index (χ3n) is 3.27. The molecule has 2 aromatic carbocycles. The monoisotopic (exact) mass is 341 g/mol. The molecule has 0 fully saturated rings. The number of aromatic hydroxyl groups is 1. The lowest BCUT2D eigenvalue weighted by molar-refractivity contribution is -0.139. The van der Waals surface area contributed by atoms with Gasteiger partial charge in [0.2, 0.25) is 0 Å². The number of hydrogen-bond acceptors (Lipinski definition) is 5. The summed E-state index contributed by atoms with van der Waals surface area (Å²) in [7, 11) is 1.48. The molecule has 0 atom stereocenters. The van der Waals surface area contributed by atoms with Crippen molar-refractivity contribution in [1.82, 2.24) is 0 Å². The Labute approximate surface area is 145 Å². The van der Waals surface area contributed by atoms with Crippen LogP contribution in [0.5, 0.6) is 17.2 Å². The zero-order valence-electron chi connectivity index (χ0n) is 13.8. The molecule has 6 heteroatoms. The highest BCUT2D eigenvalue weighted by Gasteiger charge is 2.13. The number of carboxylic acid groups (broad SMARTS) is 1. The molecule has 0 radical (unpaired) electrons. The van der Waals surface area contributed by atoms with Crippen LogP contribution in [0, 0.1) is 0 Å². The lowest BCUT2D eigenvalue weighted by Gasteiger charge is -2.14. The van der Waals surface area contributed by atoms with Gasteiger partial charge in [-0.3, -0.25) is 4.99 Å². The Kier molecular flexibility index (Phi) is 6.17. The van der Waals surface area contributed by atoms with Gasteiger partial charge in [-0.25, -0.2) is 4.79 Å². The summed E-state index contributed by atoms with van der Waals surface area (Å²) < 4.78 is 10.7. The first-order chi connectivity index (χ1) is 12.0. The van der Waals surface area contributed by atoms with Crippen LogP contribution >= 0.6 is 0 Å². The molecule has 0 unspecified atom stereocenters. The van der Waals surface area contributed by atoms with Gasteiger partial charge in [0.15, 0.2) is 18.1 Å². The third-order valence-corrected chi connectivity index (χ3v) is 3.27. The van der Waals surface area contributed by atoms with Crippen molar-refractivity contribution in [3.8, 4) is 17.2 Å². The van der Waals surface area contributed by atoms with E-state index in [1.165, 1.54) is 7.11 Å². The summed E-state index contributed by atoms with van der Waals surface area (Å²) in [6.45, 7) is 3.25. The molecule has 0 heterocycles. The molecule has 0 saturated heterocycles. The van der Waals surface area contributed by atoms with Crippen molar-refractivity contribution < 1.29 is 24.5 Å². The maximum atomic E-state index is 10.8. The summed E-state index contributed by atoms with van der Waals surface area (Å²) in [5.74, 6) is -0.143. The molecule has 0 aliphatic heterocycles. The maximum absolute atomic E-state index is 10.8. The van der Waals surface area contributed by atoms with Gasteiger partial charge in [-0.1, -0.05) is 12.1 Å². The van der Waals surface area contributed by atoms with Crippen molar-refractivity contribution in [2.24, 2.45) is 4.99 Å². The molecule has 2 aromatic rings. The second-order valence-corrected chi connectivity index (χ2v) is 5.16. The Morgan fingerprint density at radius 1 is 1.32 bits per heavy atom. The van der Waals surface area contributed by atoms with Crippen molar-refractivity contribution in [2.45, 2.75) is 6.42 Å². The first kappa shape index (κ1) is 18.1. The van der Waals surface area contributed by atoms with E-state index in [0.717, 1.165) is 11.1 Å². The number of rotatable bonds is 8. The molecular weight excluding hydrogens is 322 g/mol. The Bertz CT molecular complexity index is 798. The molecule has 0 saturated carbocycles. The molecule has 0 aromatic heterocycles. The van der Waals surface area contributed by atoms with Crippen molar-refractivity contribution in [2.75, 3.05) is 13.7 Å². The predicted octanol–water partition coefficient (Wildman–Crippen LogP) is 3.34. The highest BCUT2D eigenvalue weighted by molar-refractivity contribution is 5.84. The van der Waals surface area contributed by atoms with Crippen LogP contribution in [0.2, 0.25) is 0 Å². The van der Waals surface area contributed by atoms with Crippen LogP contribution in [-0.2, 0) is 11.2 Å². The second kappa shape index (κ2) is 8.54. The Morgan fingerprint density at radius 2 is 2.12 bits per heavy atom. The van der Waals surface area contributed by atoms with Gasteiger partial charge in [-0.2, -0.15) is 0 Å². The van der Waals surface area contributed by atoms with E-state index in [-0.39, 0.29) is 5.75 Å². The van der Waals surface area contributed by atoms with Crippen molar-refractivity contribution >= 4 is 17.9 Å². The van der Waals surface area contributed by atoms with Gasteiger partial charge in [0.25, 0.3) is 0 Å². The first-order valence-corrected chi connectivity index (χ1v) is 7.53. The lowest BCUT2D eigenvalue weighted by atomic mass is 10.1. The van der Waals surface area contributed by atoms with Crippen molar-refractivity contribution in [3.63, 3.8) is 0 Å². The van der Waals surface area contributed by atoms with Crippen molar-refractivity contribution in [1.29, 1.82) is 0 Å². The molecule has 0 amide bonds. The molecule has 25 heavy (non-hydrogen) atoms. The Hall–Kier alpha value is -3.28. The molecule has 0 aliphatic rings. The lowest BCUT2D eigenvalue weighted by Crippen LogP contribution is -2.11. The minimum atomic E-state index is -1.07. The maximum Gasteiger partial charge on any atom is 0.341 e. The van der Waals surface area contributed by atoms with Crippen LogP contribution < -0.4 is 9.47 Å². The van der Waals surface area contributed by atoms with Crippen LogP contribution in [-0.4, -0.2) is 36.1 Å². The van der Waals surface area contributed by atoms with Crippen LogP contribution in [0.3, 0.4) is 0 Å². The van der Waals surface area contributed by atoms with E-state index in [9.17, 15) is 9.90 Å². The summed E-state index contributed by atoms with van der Waals surface area (Å²) in [5, 5.41) is 18.3. The van der Waals surface area contributed by atoms with Gasteiger partial charge in [0, 0.05) is 17.8 Å². The van der Waals surface area contributed by atoms with E-state index < -0.39 is 12.6 Å². The van der Waals surface area contributed by atoms with Gasteiger partial charge in [0.1, 0.15) is 5.75 Å². The fourth-order valence-corrected chi connectivity index (χ4v) is 2.24. The first-order valence-electron chi connectivity index (χ1n) is 7.53. The number of aliphatic imine (C=N–C) groups is 1. The Balaban J connectivity index is 2.37. The zero-order valence-corrected chi connectivity index (χ0v) is 13.8. The number of aliphatic carboxylic acids is 1. The van der Waals surface area contributed by atoms with E-state index in [1.54, 1.807) is 42.6 Å². The van der Waals surface area contributed by atoms with Gasteiger partial charge < -0.3 is 19.7 Å². The number of ether oxygens (including phenoxy) is 2. The minimum Gasteiger partial charge on any atom is -0.508 e. The third kappa shape index (κ3) is 5.10. The molecular formula is C19H19NO5. The fraction of sp³-hybridized carbons (Fsp3) is 0.158. The molecule has 130 valence electrons. The standard InChI is InChI=1S/C19H19NO5/c1-3-5-14-8-13(11-20-15-6-4-7-16(21)10-15)9-17(24-2)19(14)25-12-18(22)23/h3-4,6-11,21H,1,5,12H2,2H3,(H,22,23). The minimum absolute atomic E-state index is 0.136. The number of methoxy groups -OCH3 is 1. The van der Waals surface area contributed by atoms with Crippen LogP contribution in [0.15, 0.2) is 54.0 Å². The number of phenols is 1. The number of nitrogens with zero attached hydrogens (tertiary/aromatic N) is 1. The van der Waals surface area contributed by atoms with E-state index in [2.05, 4.69) is 11.6 Å². The summed E-state index contributed by atoms with van der Waals surface area (Å²) in [5.41, 5.74) is 2.10. The number of benzene rings is 2. The number of carboxylic acids is 1. The second-order valence-electron chi connectivity index (χ2n) is 5.16. The van der Waals surface area contributed by atoms with Gasteiger partial charge in [0.05, 0.1) is 12.8 Å². The average molecular weight is 341 g/mol. The summed E-state index contributed by atoms with van der Waals surface area (Å²) in [6, 6.07) is 10.1. The molecule has 6 nitrogen and oxygen atoms in total. The van der Waals surface area contributed by atoms with E-state index in [4.69, 9.17) is 14.6 Å². The quantitative estimate of drug-likeness (QED) is 0.568. The number of carbonyl (C=O) groups is 1. The zero-order chi connectivity index (χ0) is 18.2. The predicted molar refractivity (Wildman–Crippen MR) is 95.4 cm³/mol. The Morgan fingerprint density at radius 3 is 2.76 bits per heavy atom. The van der Waals surface area contributed by atoms with Gasteiger partial charge >= 0.3 is 5.97 Å². The molecule has 0 spiro atoms. The number of phenolic OH excluding ortho intramolecular Hbond substituents is 1. The highest BCUT2D eigenvalue weighted by Crippen LogP contribution is 2.33. The van der Waals surface area contributed by atoms with Crippen molar-refractivity contribution in [3.05, 3.63) is 60.2 Å². The topological polar surface area (TPSA) is 88.4 Å². The molecule has 2 N–H and O–H groups in total. The van der Waals surface area contributed by atoms with E-state index in [1.807, 2.05) is 6.07 Å². The highest BCUT2D eigenvalue weighted by atomic mass is 16.5. The molecule has 0 bridgehead atoms. The number of hydrogen-bond donors (Lipinski definition) is 2. The normalized spacial score (nSPS) is 10.6. The van der Waals surface area contributed by atoms with Gasteiger partial charge in [-0.05, 0) is 36.2 Å². The molecule has 0 aliphatic carbocycles. The largest absolute Gasteiger partial charge is 0.508 e. The van der Waals surface area contributed by atoms with Crippen LogP contribution in [0.25, 0.3) is 0 Å². The summed E-state index contributed by atoms with van der Waals surface area (Å²) in [6.07, 6.45) is 3.81. The fourth-order valence-electron chi connectivity index (χ4n) is 2.24. The van der Waals surface area contributed by atoms with E-state index in [0.29, 0.717) is 23.6 Å².